The third-order valence-electron chi connectivity index (χ3n) is 3.96. The van der Waals surface area contributed by atoms with Gasteiger partial charge in [-0.2, -0.15) is 0 Å². The number of nitrogens with zero attached hydrogens (tertiary/aromatic N) is 1. The molecule has 1 aliphatic rings. The van der Waals surface area contributed by atoms with E-state index >= 15 is 0 Å². The van der Waals surface area contributed by atoms with Crippen molar-refractivity contribution in [2.45, 2.75) is 52.2 Å². The van der Waals surface area contributed by atoms with Crippen LogP contribution >= 0.6 is 0 Å². The van der Waals surface area contributed by atoms with Gasteiger partial charge in [-0.3, -0.25) is 4.79 Å². The standard InChI is InChI=1S/C15H31N3O2/c1-5-18(6-2)9-7-8-13(3)17-14(19)10-20-15(4)11-16-12-15/h13,16H,5-12H2,1-4H3,(H,17,19). The van der Waals surface area contributed by atoms with Gasteiger partial charge in [-0.1, -0.05) is 13.8 Å². The molecule has 1 fully saturated rings. The zero-order valence-corrected chi connectivity index (χ0v) is 13.5. The zero-order chi connectivity index (χ0) is 15.0. The summed E-state index contributed by atoms with van der Waals surface area (Å²) in [7, 11) is 0. The van der Waals surface area contributed by atoms with Gasteiger partial charge in [0.1, 0.15) is 6.61 Å². The SMILES string of the molecule is CCN(CC)CCCC(C)NC(=O)COC1(C)CNC1. The van der Waals surface area contributed by atoms with Crippen molar-refractivity contribution in [3.05, 3.63) is 0 Å². The maximum Gasteiger partial charge on any atom is 0.246 e. The van der Waals surface area contributed by atoms with E-state index in [2.05, 4.69) is 36.3 Å². The lowest BCUT2D eigenvalue weighted by Gasteiger charge is -2.38. The van der Waals surface area contributed by atoms with E-state index < -0.39 is 0 Å². The molecule has 1 aliphatic heterocycles. The monoisotopic (exact) mass is 285 g/mol. The summed E-state index contributed by atoms with van der Waals surface area (Å²) in [4.78, 5) is 14.2. The Bertz CT molecular complexity index is 289. The Morgan fingerprint density at radius 2 is 2.05 bits per heavy atom. The highest BCUT2D eigenvalue weighted by atomic mass is 16.5. The van der Waals surface area contributed by atoms with Gasteiger partial charge < -0.3 is 20.3 Å². The second-order valence-corrected chi connectivity index (χ2v) is 5.98. The minimum atomic E-state index is -0.149. The number of carbonyl (C=O) groups is 1. The van der Waals surface area contributed by atoms with Crippen molar-refractivity contribution in [3.63, 3.8) is 0 Å². The predicted octanol–water partition coefficient (Wildman–Crippen LogP) is 0.992. The molecule has 118 valence electrons. The fourth-order valence-electron chi connectivity index (χ4n) is 2.37. The Kier molecular flexibility index (Phi) is 7.48. The molecule has 0 aliphatic carbocycles. The van der Waals surface area contributed by atoms with Crippen LogP contribution in [0.3, 0.4) is 0 Å². The van der Waals surface area contributed by atoms with Gasteiger partial charge in [0.05, 0.1) is 5.60 Å². The van der Waals surface area contributed by atoms with E-state index in [0.29, 0.717) is 0 Å². The Hall–Kier alpha value is -0.650. The summed E-state index contributed by atoms with van der Waals surface area (Å²) >= 11 is 0. The smallest absolute Gasteiger partial charge is 0.246 e. The molecule has 1 saturated heterocycles. The molecular formula is C15H31N3O2. The van der Waals surface area contributed by atoms with Gasteiger partial charge in [-0.15, -0.1) is 0 Å². The average Bonchev–Trinajstić information content (AvgIpc) is 2.39. The molecule has 1 atom stereocenters. The Labute approximate surface area is 123 Å². The van der Waals surface area contributed by atoms with Gasteiger partial charge in [0.25, 0.3) is 0 Å². The number of amides is 1. The van der Waals surface area contributed by atoms with Crippen LogP contribution in [0.15, 0.2) is 0 Å². The Balaban J connectivity index is 2.08. The fourth-order valence-corrected chi connectivity index (χ4v) is 2.37. The second-order valence-electron chi connectivity index (χ2n) is 5.98. The third-order valence-corrected chi connectivity index (χ3v) is 3.96. The van der Waals surface area contributed by atoms with Crippen molar-refractivity contribution in [1.29, 1.82) is 0 Å². The summed E-state index contributed by atoms with van der Waals surface area (Å²) in [6, 6.07) is 0.217. The molecule has 0 bridgehead atoms. The first-order valence-electron chi connectivity index (χ1n) is 7.85. The molecule has 5 heteroatoms. The lowest BCUT2D eigenvalue weighted by Crippen LogP contribution is -2.59. The van der Waals surface area contributed by atoms with Gasteiger partial charge in [-0.25, -0.2) is 0 Å². The topological polar surface area (TPSA) is 53.6 Å². The molecule has 1 unspecified atom stereocenters. The van der Waals surface area contributed by atoms with Gasteiger partial charge in [0.2, 0.25) is 5.91 Å². The summed E-state index contributed by atoms with van der Waals surface area (Å²) < 4.78 is 5.62. The van der Waals surface area contributed by atoms with E-state index in [0.717, 1.165) is 45.6 Å². The summed E-state index contributed by atoms with van der Waals surface area (Å²) in [6.45, 7) is 13.6. The quantitative estimate of drug-likeness (QED) is 0.628. The van der Waals surface area contributed by atoms with E-state index in [9.17, 15) is 4.79 Å². The lowest BCUT2D eigenvalue weighted by atomic mass is 10.0. The van der Waals surface area contributed by atoms with Gasteiger partial charge >= 0.3 is 0 Å². The maximum absolute atomic E-state index is 11.8. The molecule has 20 heavy (non-hydrogen) atoms. The summed E-state index contributed by atoms with van der Waals surface area (Å²) in [5.74, 6) is -0.00605. The van der Waals surface area contributed by atoms with Crippen molar-refractivity contribution in [2.75, 3.05) is 39.3 Å². The number of rotatable bonds is 10. The molecule has 0 radical (unpaired) electrons. The molecule has 1 heterocycles. The van der Waals surface area contributed by atoms with E-state index in [1.165, 1.54) is 0 Å². The normalized spacial score (nSPS) is 18.6. The molecular weight excluding hydrogens is 254 g/mol. The van der Waals surface area contributed by atoms with E-state index in [-0.39, 0.29) is 24.2 Å². The largest absolute Gasteiger partial charge is 0.363 e. The van der Waals surface area contributed by atoms with Crippen LogP contribution in [0.4, 0.5) is 0 Å². The van der Waals surface area contributed by atoms with Gasteiger partial charge in [0.15, 0.2) is 0 Å². The molecule has 0 aromatic carbocycles. The molecule has 5 nitrogen and oxygen atoms in total. The molecule has 0 spiro atoms. The summed E-state index contributed by atoms with van der Waals surface area (Å²) in [5, 5.41) is 6.16. The maximum atomic E-state index is 11.8. The van der Waals surface area contributed by atoms with E-state index in [1.807, 2.05) is 6.92 Å². The van der Waals surface area contributed by atoms with Crippen molar-refractivity contribution < 1.29 is 9.53 Å². The van der Waals surface area contributed by atoms with Crippen LogP contribution in [0.5, 0.6) is 0 Å². The van der Waals surface area contributed by atoms with Crippen molar-refractivity contribution in [2.24, 2.45) is 0 Å². The third kappa shape index (κ3) is 6.20. The number of hydrogen-bond acceptors (Lipinski definition) is 4. The molecule has 1 rings (SSSR count). The van der Waals surface area contributed by atoms with Crippen molar-refractivity contribution in [3.8, 4) is 0 Å². The summed E-state index contributed by atoms with van der Waals surface area (Å²) in [6.07, 6.45) is 2.13. The van der Waals surface area contributed by atoms with E-state index in [1.54, 1.807) is 0 Å². The fraction of sp³-hybridized carbons (Fsp3) is 0.933. The van der Waals surface area contributed by atoms with Crippen LogP contribution < -0.4 is 10.6 Å². The second kappa shape index (κ2) is 8.60. The first-order chi connectivity index (χ1) is 9.49. The summed E-state index contributed by atoms with van der Waals surface area (Å²) in [5.41, 5.74) is -0.149. The van der Waals surface area contributed by atoms with Gasteiger partial charge in [0, 0.05) is 19.1 Å². The average molecular weight is 285 g/mol. The minimum Gasteiger partial charge on any atom is -0.363 e. The molecule has 2 N–H and O–H groups in total. The van der Waals surface area contributed by atoms with Crippen LogP contribution in [-0.4, -0.2) is 61.8 Å². The first kappa shape index (κ1) is 17.4. The number of hydrogen-bond donors (Lipinski definition) is 2. The number of carbonyl (C=O) groups excluding carboxylic acids is 1. The molecule has 0 aromatic heterocycles. The Morgan fingerprint density at radius 3 is 2.55 bits per heavy atom. The van der Waals surface area contributed by atoms with Crippen LogP contribution in [0, 0.1) is 0 Å². The molecule has 1 amide bonds. The van der Waals surface area contributed by atoms with Crippen molar-refractivity contribution >= 4 is 5.91 Å². The van der Waals surface area contributed by atoms with Gasteiger partial charge in [-0.05, 0) is 46.3 Å². The van der Waals surface area contributed by atoms with Crippen LogP contribution in [-0.2, 0) is 9.53 Å². The molecule has 0 saturated carbocycles. The number of ether oxygens (including phenoxy) is 1. The van der Waals surface area contributed by atoms with E-state index in [4.69, 9.17) is 4.74 Å². The van der Waals surface area contributed by atoms with Crippen molar-refractivity contribution in [1.82, 2.24) is 15.5 Å². The lowest BCUT2D eigenvalue weighted by molar-refractivity contribution is -0.136. The molecule has 0 aromatic rings. The Morgan fingerprint density at radius 1 is 1.40 bits per heavy atom. The highest BCUT2D eigenvalue weighted by Crippen LogP contribution is 2.14. The first-order valence-corrected chi connectivity index (χ1v) is 7.85. The zero-order valence-electron chi connectivity index (χ0n) is 13.5. The highest BCUT2D eigenvalue weighted by Gasteiger charge is 2.33. The highest BCUT2D eigenvalue weighted by molar-refractivity contribution is 5.77. The minimum absolute atomic E-state index is 0.00605. The van der Waals surface area contributed by atoms with Crippen LogP contribution in [0.2, 0.25) is 0 Å². The number of nitrogens with one attached hydrogen (secondary N) is 2. The van der Waals surface area contributed by atoms with Crippen LogP contribution in [0.25, 0.3) is 0 Å². The van der Waals surface area contributed by atoms with Crippen LogP contribution in [0.1, 0.15) is 40.5 Å². The predicted molar refractivity (Wildman–Crippen MR) is 81.9 cm³/mol.